The van der Waals surface area contributed by atoms with E-state index >= 15 is 0 Å². The lowest BCUT2D eigenvalue weighted by molar-refractivity contribution is 0.0603. The summed E-state index contributed by atoms with van der Waals surface area (Å²) in [5, 5.41) is 5.12. The number of anilines is 1. The van der Waals surface area contributed by atoms with Crippen LogP contribution in [0.25, 0.3) is 10.8 Å². The van der Waals surface area contributed by atoms with Gasteiger partial charge >= 0.3 is 0 Å². The van der Waals surface area contributed by atoms with Crippen LogP contribution in [0, 0.1) is 5.92 Å². The van der Waals surface area contributed by atoms with Crippen molar-refractivity contribution in [3.8, 4) is 0 Å². The Morgan fingerprint density at radius 3 is 2.12 bits per heavy atom. The number of amides is 2. The van der Waals surface area contributed by atoms with E-state index in [-0.39, 0.29) is 11.8 Å². The van der Waals surface area contributed by atoms with Crippen LogP contribution < -0.4 is 5.32 Å². The number of nitrogens with zero attached hydrogens (tertiary/aromatic N) is 1. The van der Waals surface area contributed by atoms with Gasteiger partial charge < -0.3 is 18.6 Å². The molecule has 0 aliphatic carbocycles. The van der Waals surface area contributed by atoms with Crippen LogP contribution in [0.4, 0.5) is 5.69 Å². The third-order valence-electron chi connectivity index (χ3n) is 5.99. The first-order chi connectivity index (χ1) is 16.4. The van der Waals surface area contributed by atoms with Crippen molar-refractivity contribution in [2.75, 3.05) is 38.2 Å². The van der Waals surface area contributed by atoms with E-state index in [1.165, 1.54) is 4.90 Å². The molecule has 3 rings (SSSR count). The largest absolute Gasteiger partial charge is 0.525 e. The zero-order valence-corrected chi connectivity index (χ0v) is 22.1. The Labute approximate surface area is 204 Å². The first-order valence-corrected chi connectivity index (χ1v) is 14.4. The molecule has 0 atom stereocenters. The summed E-state index contributed by atoms with van der Waals surface area (Å²) in [5.74, 6) is 0.00277. The van der Waals surface area contributed by atoms with Crippen LogP contribution in [0.15, 0.2) is 30.3 Å². The second kappa shape index (κ2) is 11.9. The van der Waals surface area contributed by atoms with E-state index in [1.54, 1.807) is 0 Å². The van der Waals surface area contributed by atoms with E-state index < -0.39 is 8.80 Å². The summed E-state index contributed by atoms with van der Waals surface area (Å²) < 4.78 is 17.8. The van der Waals surface area contributed by atoms with Crippen molar-refractivity contribution in [3.05, 3.63) is 41.5 Å². The molecule has 0 unspecified atom stereocenters. The molecule has 0 saturated carbocycles. The van der Waals surface area contributed by atoms with Gasteiger partial charge in [0.2, 0.25) is 0 Å². The van der Waals surface area contributed by atoms with Crippen LogP contribution in [0.1, 0.15) is 68.2 Å². The van der Waals surface area contributed by atoms with Crippen molar-refractivity contribution >= 4 is 37.1 Å². The second-order valence-corrected chi connectivity index (χ2v) is 11.6. The molecule has 0 saturated heterocycles. The fourth-order valence-electron chi connectivity index (χ4n) is 4.42. The zero-order chi connectivity index (χ0) is 24.7. The molecular weight excluding hydrogens is 448 g/mol. The molecule has 8 heteroatoms. The molecule has 2 aromatic rings. The maximum Gasteiger partial charge on any atom is 0.281 e. The molecular formula is C26H38N2O5Si-. The van der Waals surface area contributed by atoms with Gasteiger partial charge in [0.05, 0.1) is 0 Å². The average Bonchev–Trinajstić information content (AvgIpc) is 2.81. The maximum atomic E-state index is 13.1. The topological polar surface area (TPSA) is 77.1 Å². The van der Waals surface area contributed by atoms with Gasteiger partial charge in [-0.1, -0.05) is 38.4 Å². The second-order valence-electron chi connectivity index (χ2n) is 8.85. The van der Waals surface area contributed by atoms with E-state index in [4.69, 9.17) is 13.3 Å². The molecule has 7 nitrogen and oxygen atoms in total. The van der Waals surface area contributed by atoms with Crippen LogP contribution in [0.3, 0.4) is 0 Å². The van der Waals surface area contributed by atoms with Crippen molar-refractivity contribution in [3.63, 3.8) is 0 Å². The first kappa shape index (κ1) is 26.3. The third kappa shape index (κ3) is 5.68. The summed E-state index contributed by atoms with van der Waals surface area (Å²) in [6, 6.07) is 10.2. The van der Waals surface area contributed by atoms with Crippen LogP contribution in [0.2, 0.25) is 6.04 Å². The monoisotopic (exact) mass is 486 g/mol. The summed E-state index contributed by atoms with van der Waals surface area (Å²) in [4.78, 5) is 27.7. The SMILES string of the molecule is CCO[Si-](CCCNc1ccc2c3c(cccc13)C(=O)N(CCC(C)C)C2=O)(OCC)OCC. The van der Waals surface area contributed by atoms with E-state index in [2.05, 4.69) is 19.2 Å². The van der Waals surface area contributed by atoms with Gasteiger partial charge in [-0.3, -0.25) is 14.5 Å². The van der Waals surface area contributed by atoms with Gasteiger partial charge in [0.1, 0.15) is 0 Å². The number of imide groups is 1. The predicted octanol–water partition coefficient (Wildman–Crippen LogP) is 5.33. The van der Waals surface area contributed by atoms with Gasteiger partial charge in [0.25, 0.3) is 20.6 Å². The number of hydrogen-bond donors (Lipinski definition) is 1. The van der Waals surface area contributed by atoms with Crippen LogP contribution in [0.5, 0.6) is 0 Å². The molecule has 187 valence electrons. The van der Waals surface area contributed by atoms with Gasteiger partial charge in [-0.25, -0.2) is 0 Å². The van der Waals surface area contributed by atoms with Gasteiger partial charge in [-0.05, 0) is 51.3 Å². The quantitative estimate of drug-likeness (QED) is 0.221. The highest BCUT2D eigenvalue weighted by Crippen LogP contribution is 2.34. The molecule has 1 heterocycles. The molecule has 34 heavy (non-hydrogen) atoms. The Bertz CT molecular complexity index is 971. The highest BCUT2D eigenvalue weighted by atomic mass is 28.4. The van der Waals surface area contributed by atoms with Gasteiger partial charge in [-0.2, -0.15) is 0 Å². The molecule has 0 aromatic heterocycles. The van der Waals surface area contributed by atoms with E-state index in [0.29, 0.717) is 50.0 Å². The van der Waals surface area contributed by atoms with Crippen molar-refractivity contribution in [2.24, 2.45) is 5.92 Å². The summed E-state index contributed by atoms with van der Waals surface area (Å²) in [6.07, 6.45) is 1.61. The molecule has 1 N–H and O–H groups in total. The number of hydrogen-bond acceptors (Lipinski definition) is 6. The van der Waals surface area contributed by atoms with Gasteiger partial charge in [0, 0.05) is 60.5 Å². The summed E-state index contributed by atoms with van der Waals surface area (Å²) in [6.45, 7) is 12.9. The lowest BCUT2D eigenvalue weighted by atomic mass is 9.92. The maximum absolute atomic E-state index is 13.1. The lowest BCUT2D eigenvalue weighted by Gasteiger charge is -2.42. The molecule has 0 spiro atoms. The van der Waals surface area contributed by atoms with Crippen molar-refractivity contribution in [1.82, 2.24) is 4.90 Å². The number of carbonyl (C=O) groups excluding carboxylic acids is 2. The molecule has 2 aromatic carbocycles. The van der Waals surface area contributed by atoms with E-state index in [1.807, 2.05) is 51.1 Å². The minimum Gasteiger partial charge on any atom is -0.525 e. The van der Waals surface area contributed by atoms with Crippen LogP contribution in [-0.2, 0) is 13.3 Å². The lowest BCUT2D eigenvalue weighted by Crippen LogP contribution is -2.46. The smallest absolute Gasteiger partial charge is 0.281 e. The van der Waals surface area contributed by atoms with Crippen LogP contribution >= 0.6 is 0 Å². The Kier molecular flexibility index (Phi) is 9.24. The van der Waals surface area contributed by atoms with E-state index in [0.717, 1.165) is 35.3 Å². The Balaban J connectivity index is 1.77. The van der Waals surface area contributed by atoms with Gasteiger partial charge in [-0.15, -0.1) is 0 Å². The Hall–Kier alpha value is -2.26. The normalized spacial score (nSPS) is 13.9. The summed E-state index contributed by atoms with van der Waals surface area (Å²) in [5.41, 5.74) is 2.10. The zero-order valence-electron chi connectivity index (χ0n) is 21.1. The van der Waals surface area contributed by atoms with Crippen LogP contribution in [-0.4, -0.2) is 58.4 Å². The Morgan fingerprint density at radius 1 is 0.912 bits per heavy atom. The minimum absolute atomic E-state index is 0.207. The number of rotatable bonds is 14. The molecule has 1 aliphatic rings. The molecule has 0 bridgehead atoms. The fourth-order valence-corrected chi connectivity index (χ4v) is 7.03. The van der Waals surface area contributed by atoms with Crippen molar-refractivity contribution in [1.29, 1.82) is 0 Å². The molecule has 2 amide bonds. The average molecular weight is 487 g/mol. The first-order valence-electron chi connectivity index (χ1n) is 12.4. The van der Waals surface area contributed by atoms with E-state index in [9.17, 15) is 9.59 Å². The number of nitrogens with one attached hydrogen (secondary N) is 1. The van der Waals surface area contributed by atoms with Crippen molar-refractivity contribution in [2.45, 2.75) is 53.5 Å². The molecule has 1 aliphatic heterocycles. The fraction of sp³-hybridized carbons (Fsp3) is 0.538. The standard InChI is InChI=1S/C26H38N2O5Si/c1-6-31-34(32-7-2,33-8-3)18-10-16-27-23-14-13-22-24-20(23)11-9-12-21(24)25(29)28(26(22)30)17-15-19(4)5/h9,11-14,19,27H,6-8,10,15-18H2,1-5H3/q-1. The molecule has 0 fully saturated rings. The van der Waals surface area contributed by atoms with Crippen molar-refractivity contribution < 1.29 is 22.9 Å². The number of benzene rings is 2. The number of carbonyl (C=O) groups is 2. The highest BCUT2D eigenvalue weighted by Gasteiger charge is 2.33. The summed E-state index contributed by atoms with van der Waals surface area (Å²) in [7, 11) is -2.68. The predicted molar refractivity (Wildman–Crippen MR) is 137 cm³/mol. The minimum atomic E-state index is -2.68. The third-order valence-corrected chi connectivity index (χ3v) is 9.14. The van der Waals surface area contributed by atoms with Gasteiger partial charge in [0.15, 0.2) is 0 Å². The summed E-state index contributed by atoms with van der Waals surface area (Å²) >= 11 is 0. The molecule has 0 radical (unpaired) electrons. The highest BCUT2D eigenvalue weighted by molar-refractivity contribution is 6.60. The Morgan fingerprint density at radius 2 is 1.53 bits per heavy atom.